The molecule has 0 aromatic heterocycles. The van der Waals surface area contributed by atoms with Crippen molar-refractivity contribution in [1.82, 2.24) is 10.2 Å². The van der Waals surface area contributed by atoms with Crippen molar-refractivity contribution >= 4 is 29.3 Å². The summed E-state index contributed by atoms with van der Waals surface area (Å²) in [7, 11) is 0. The van der Waals surface area contributed by atoms with Gasteiger partial charge in [0.05, 0.1) is 11.8 Å². The van der Waals surface area contributed by atoms with Gasteiger partial charge >= 0.3 is 0 Å². The van der Waals surface area contributed by atoms with E-state index in [1.807, 2.05) is 38.1 Å². The molecule has 0 spiro atoms. The van der Waals surface area contributed by atoms with Crippen LogP contribution >= 0.6 is 11.6 Å². The second-order valence-electron chi connectivity index (χ2n) is 7.70. The predicted molar refractivity (Wildman–Crippen MR) is 104 cm³/mol. The number of fused-ring (bicyclic) bond motifs is 1. The molecule has 144 valence electrons. The Morgan fingerprint density at radius 2 is 1.81 bits per heavy atom. The minimum Gasteiger partial charge on any atom is -0.350 e. The van der Waals surface area contributed by atoms with E-state index in [2.05, 4.69) is 5.32 Å². The van der Waals surface area contributed by atoms with Crippen molar-refractivity contribution in [2.24, 2.45) is 17.8 Å². The Labute approximate surface area is 164 Å². The standard InChI is InChI=1S/C21H25ClN2O3/c1-13(2)10-18(19(25)23-12-14-6-5-7-15(22)11-14)24-20(26)16-8-3-4-9-17(16)21(24)27/h3-7,11,13,16-18H,8-10,12H2,1-2H3,(H,23,25). The van der Waals surface area contributed by atoms with E-state index in [1.165, 1.54) is 4.90 Å². The van der Waals surface area contributed by atoms with Crippen LogP contribution in [0.5, 0.6) is 0 Å². The maximum absolute atomic E-state index is 12.9. The molecule has 2 aliphatic rings. The molecule has 3 unspecified atom stereocenters. The highest BCUT2D eigenvalue weighted by atomic mass is 35.5. The molecule has 1 aliphatic heterocycles. The summed E-state index contributed by atoms with van der Waals surface area (Å²) in [5.74, 6) is -1.18. The first kappa shape index (κ1) is 19.6. The number of hydrogen-bond acceptors (Lipinski definition) is 3. The maximum Gasteiger partial charge on any atom is 0.243 e. The Morgan fingerprint density at radius 3 is 2.37 bits per heavy atom. The Bertz CT molecular complexity index is 748. The van der Waals surface area contributed by atoms with Gasteiger partial charge in [0.1, 0.15) is 6.04 Å². The van der Waals surface area contributed by atoms with E-state index in [9.17, 15) is 14.4 Å². The Hall–Kier alpha value is -2.14. The van der Waals surface area contributed by atoms with Gasteiger partial charge in [0.15, 0.2) is 0 Å². The van der Waals surface area contributed by atoms with Crippen molar-refractivity contribution in [3.63, 3.8) is 0 Å². The zero-order chi connectivity index (χ0) is 19.6. The van der Waals surface area contributed by atoms with Gasteiger partial charge in [-0.25, -0.2) is 0 Å². The van der Waals surface area contributed by atoms with Crippen molar-refractivity contribution in [2.45, 2.75) is 45.7 Å². The molecule has 0 radical (unpaired) electrons. The molecule has 1 aromatic rings. The van der Waals surface area contributed by atoms with Crippen LogP contribution in [0.4, 0.5) is 0 Å². The van der Waals surface area contributed by atoms with Gasteiger partial charge in [0.2, 0.25) is 17.7 Å². The topological polar surface area (TPSA) is 66.5 Å². The number of hydrogen-bond donors (Lipinski definition) is 1. The molecule has 3 rings (SSSR count). The second-order valence-corrected chi connectivity index (χ2v) is 8.13. The van der Waals surface area contributed by atoms with Crippen LogP contribution in [0.15, 0.2) is 36.4 Å². The van der Waals surface area contributed by atoms with E-state index < -0.39 is 6.04 Å². The summed E-state index contributed by atoms with van der Waals surface area (Å²) in [5, 5.41) is 3.47. The molecule has 3 atom stereocenters. The van der Waals surface area contributed by atoms with Crippen LogP contribution in [0.3, 0.4) is 0 Å². The van der Waals surface area contributed by atoms with Crippen LogP contribution in [0.2, 0.25) is 5.02 Å². The molecule has 6 heteroatoms. The number of amides is 3. The highest BCUT2D eigenvalue weighted by Crippen LogP contribution is 2.37. The lowest BCUT2D eigenvalue weighted by molar-refractivity contribution is -0.148. The quantitative estimate of drug-likeness (QED) is 0.600. The highest BCUT2D eigenvalue weighted by Gasteiger charge is 2.51. The van der Waals surface area contributed by atoms with Gasteiger partial charge in [-0.05, 0) is 42.9 Å². The monoisotopic (exact) mass is 388 g/mol. The number of nitrogens with zero attached hydrogens (tertiary/aromatic N) is 1. The number of rotatable bonds is 6. The summed E-state index contributed by atoms with van der Waals surface area (Å²) >= 11 is 5.99. The predicted octanol–water partition coefficient (Wildman–Crippen LogP) is 3.32. The zero-order valence-corrected chi connectivity index (χ0v) is 16.4. The fourth-order valence-corrected chi connectivity index (χ4v) is 4.08. The molecule has 1 aromatic carbocycles. The molecular weight excluding hydrogens is 364 g/mol. The molecule has 5 nitrogen and oxygen atoms in total. The number of imide groups is 1. The van der Waals surface area contributed by atoms with Crippen LogP contribution in [-0.4, -0.2) is 28.7 Å². The number of carbonyl (C=O) groups is 3. The summed E-state index contributed by atoms with van der Waals surface area (Å²) in [6.07, 6.45) is 5.50. The summed E-state index contributed by atoms with van der Waals surface area (Å²) in [6.45, 7) is 4.27. The Balaban J connectivity index is 1.76. The van der Waals surface area contributed by atoms with Gasteiger partial charge in [0.25, 0.3) is 0 Å². The number of allylic oxidation sites excluding steroid dienone is 2. The molecule has 27 heavy (non-hydrogen) atoms. The highest BCUT2D eigenvalue weighted by molar-refractivity contribution is 6.30. The molecule has 3 amide bonds. The third-order valence-corrected chi connectivity index (χ3v) is 5.44. The normalized spacial score (nSPS) is 22.9. The van der Waals surface area contributed by atoms with Gasteiger partial charge in [-0.2, -0.15) is 0 Å². The molecule has 1 N–H and O–H groups in total. The fraction of sp³-hybridized carbons (Fsp3) is 0.476. The van der Waals surface area contributed by atoms with Gasteiger partial charge in [-0.1, -0.05) is 49.7 Å². The number of carbonyl (C=O) groups excluding carboxylic acids is 3. The number of nitrogens with one attached hydrogen (secondary N) is 1. The summed E-state index contributed by atoms with van der Waals surface area (Å²) in [4.78, 5) is 39.9. The summed E-state index contributed by atoms with van der Waals surface area (Å²) in [5.41, 5.74) is 0.871. The van der Waals surface area contributed by atoms with Crippen LogP contribution in [0.25, 0.3) is 0 Å². The van der Waals surface area contributed by atoms with Crippen molar-refractivity contribution in [3.05, 3.63) is 47.0 Å². The lowest BCUT2D eigenvalue weighted by Gasteiger charge is -2.27. The maximum atomic E-state index is 12.9. The molecule has 1 heterocycles. The molecule has 1 fully saturated rings. The molecule has 0 saturated carbocycles. The Morgan fingerprint density at radius 1 is 1.19 bits per heavy atom. The lowest BCUT2D eigenvalue weighted by atomic mass is 9.85. The largest absolute Gasteiger partial charge is 0.350 e. The third kappa shape index (κ3) is 4.24. The average molecular weight is 389 g/mol. The smallest absolute Gasteiger partial charge is 0.243 e. The number of likely N-dealkylation sites (tertiary alicyclic amines) is 1. The lowest BCUT2D eigenvalue weighted by Crippen LogP contribution is -2.50. The first-order valence-electron chi connectivity index (χ1n) is 9.42. The van der Waals surface area contributed by atoms with E-state index in [1.54, 1.807) is 12.1 Å². The van der Waals surface area contributed by atoms with Crippen LogP contribution < -0.4 is 5.32 Å². The van der Waals surface area contributed by atoms with E-state index in [0.717, 1.165) is 5.56 Å². The first-order valence-corrected chi connectivity index (χ1v) is 9.80. The van der Waals surface area contributed by atoms with Gasteiger partial charge in [-0.3, -0.25) is 19.3 Å². The first-order chi connectivity index (χ1) is 12.9. The SMILES string of the molecule is CC(C)CC(C(=O)NCc1cccc(Cl)c1)N1C(=O)C2CC=CCC2C1=O. The van der Waals surface area contributed by atoms with Crippen LogP contribution in [0.1, 0.15) is 38.7 Å². The minimum absolute atomic E-state index is 0.174. The van der Waals surface area contributed by atoms with Crippen molar-refractivity contribution in [3.8, 4) is 0 Å². The van der Waals surface area contributed by atoms with E-state index in [0.29, 0.717) is 30.8 Å². The number of halogens is 1. The van der Waals surface area contributed by atoms with Crippen LogP contribution in [-0.2, 0) is 20.9 Å². The Kier molecular flexibility index (Phi) is 6.00. The van der Waals surface area contributed by atoms with Gasteiger partial charge in [-0.15, -0.1) is 0 Å². The summed E-state index contributed by atoms with van der Waals surface area (Å²) < 4.78 is 0. The van der Waals surface area contributed by atoms with Crippen molar-refractivity contribution in [1.29, 1.82) is 0 Å². The van der Waals surface area contributed by atoms with Crippen LogP contribution in [0, 0.1) is 17.8 Å². The number of benzene rings is 1. The second kappa shape index (κ2) is 8.26. The molecule has 1 aliphatic carbocycles. The van der Waals surface area contributed by atoms with Crippen molar-refractivity contribution in [2.75, 3.05) is 0 Å². The third-order valence-electron chi connectivity index (χ3n) is 5.21. The molecule has 0 bridgehead atoms. The van der Waals surface area contributed by atoms with E-state index in [4.69, 9.17) is 11.6 Å². The summed E-state index contributed by atoms with van der Waals surface area (Å²) in [6, 6.07) is 6.48. The molecular formula is C21H25ClN2O3. The average Bonchev–Trinajstić information content (AvgIpc) is 2.89. The van der Waals surface area contributed by atoms with E-state index >= 15 is 0 Å². The minimum atomic E-state index is -0.769. The fourth-order valence-electron chi connectivity index (χ4n) is 3.86. The van der Waals surface area contributed by atoms with Gasteiger partial charge < -0.3 is 5.32 Å². The van der Waals surface area contributed by atoms with E-state index in [-0.39, 0.29) is 35.5 Å². The zero-order valence-electron chi connectivity index (χ0n) is 15.7. The molecule has 1 saturated heterocycles. The van der Waals surface area contributed by atoms with Gasteiger partial charge in [0, 0.05) is 11.6 Å². The van der Waals surface area contributed by atoms with Crippen molar-refractivity contribution < 1.29 is 14.4 Å².